The molecule has 0 spiro atoms. The second-order valence-electron chi connectivity index (χ2n) is 12.6. The molecule has 1 atom stereocenters. The Balaban J connectivity index is 0.939. The van der Waals surface area contributed by atoms with E-state index in [0.29, 0.717) is 29.0 Å². The number of carbonyl (C=O) groups excluding carboxylic acids is 4. The molecule has 4 heterocycles. The zero-order valence-corrected chi connectivity index (χ0v) is 24.0. The lowest BCUT2D eigenvalue weighted by molar-refractivity contribution is -0.136. The van der Waals surface area contributed by atoms with Crippen molar-refractivity contribution in [3.63, 3.8) is 0 Å². The van der Waals surface area contributed by atoms with Gasteiger partial charge < -0.3 is 15.5 Å². The number of aromatic nitrogens is 2. The van der Waals surface area contributed by atoms with Crippen molar-refractivity contribution in [3.05, 3.63) is 53.2 Å². The second-order valence-corrected chi connectivity index (χ2v) is 12.6. The van der Waals surface area contributed by atoms with Gasteiger partial charge in [-0.05, 0) is 74.4 Å². The predicted octanol–water partition coefficient (Wildman–Crippen LogP) is 2.79. The third-order valence-electron chi connectivity index (χ3n) is 9.76. The first-order chi connectivity index (χ1) is 20.9. The van der Waals surface area contributed by atoms with Crippen LogP contribution in [0.25, 0.3) is 10.9 Å². The molecule has 0 radical (unpaired) electrons. The van der Waals surface area contributed by atoms with E-state index in [-0.39, 0.29) is 18.7 Å². The van der Waals surface area contributed by atoms with Gasteiger partial charge in [0.05, 0.1) is 28.4 Å². The van der Waals surface area contributed by atoms with Gasteiger partial charge in [-0.2, -0.15) is 5.10 Å². The van der Waals surface area contributed by atoms with Gasteiger partial charge in [-0.15, -0.1) is 0 Å². The molecule has 11 heteroatoms. The van der Waals surface area contributed by atoms with Crippen LogP contribution in [-0.2, 0) is 9.59 Å². The number of nitrogens with one attached hydrogen (secondary N) is 3. The average Bonchev–Trinajstić information content (AvgIpc) is 3.73. The first-order valence-electron chi connectivity index (χ1n) is 15.5. The number of hydrogen-bond donors (Lipinski definition) is 3. The number of carbonyl (C=O) groups is 4. The van der Waals surface area contributed by atoms with Gasteiger partial charge in [0.25, 0.3) is 11.8 Å². The first-order valence-corrected chi connectivity index (χ1v) is 15.5. The van der Waals surface area contributed by atoms with Crippen molar-refractivity contribution in [2.75, 3.05) is 42.9 Å². The smallest absolute Gasteiger partial charge is 0.262 e. The van der Waals surface area contributed by atoms with Gasteiger partial charge in [0.15, 0.2) is 0 Å². The molecule has 222 valence electrons. The molecule has 1 aromatic heterocycles. The highest BCUT2D eigenvalue weighted by atomic mass is 16.2. The minimum atomic E-state index is -0.958. The molecule has 11 nitrogen and oxygen atoms in total. The molecule has 2 saturated carbocycles. The molecular formula is C32H35N7O4. The number of imide groups is 2. The van der Waals surface area contributed by atoms with Gasteiger partial charge >= 0.3 is 0 Å². The summed E-state index contributed by atoms with van der Waals surface area (Å²) < 4.78 is 2.29. The van der Waals surface area contributed by atoms with Crippen LogP contribution in [0.5, 0.6) is 0 Å². The quantitative estimate of drug-likeness (QED) is 0.364. The number of benzene rings is 2. The van der Waals surface area contributed by atoms with Gasteiger partial charge in [0.1, 0.15) is 6.04 Å². The van der Waals surface area contributed by atoms with Crippen molar-refractivity contribution in [3.8, 4) is 0 Å². The molecule has 5 aliphatic rings. The zero-order valence-electron chi connectivity index (χ0n) is 24.0. The van der Waals surface area contributed by atoms with Crippen LogP contribution in [0, 0.1) is 5.92 Å². The molecule has 0 bridgehead atoms. The minimum Gasteiger partial charge on any atom is -0.385 e. The number of anilines is 2. The molecule has 3 aliphatic heterocycles. The van der Waals surface area contributed by atoms with Crippen molar-refractivity contribution in [2.24, 2.45) is 5.92 Å². The lowest BCUT2D eigenvalue weighted by Crippen LogP contribution is -2.54. The van der Waals surface area contributed by atoms with Gasteiger partial charge in [-0.3, -0.25) is 34.1 Å². The molecular weight excluding hydrogens is 546 g/mol. The van der Waals surface area contributed by atoms with E-state index in [1.54, 1.807) is 12.1 Å². The van der Waals surface area contributed by atoms with Crippen LogP contribution in [0.3, 0.4) is 0 Å². The Morgan fingerprint density at radius 1 is 0.907 bits per heavy atom. The highest BCUT2D eigenvalue weighted by Crippen LogP contribution is 2.46. The summed E-state index contributed by atoms with van der Waals surface area (Å²) in [7, 11) is 0. The average molecular weight is 582 g/mol. The monoisotopic (exact) mass is 581 g/mol. The molecule has 3 aromatic rings. The highest BCUT2D eigenvalue weighted by molar-refractivity contribution is 6.23. The van der Waals surface area contributed by atoms with E-state index < -0.39 is 23.8 Å². The number of fused-ring (bicyclic) bond motifs is 2. The molecule has 4 amide bonds. The first kappa shape index (κ1) is 26.4. The number of amides is 4. The zero-order chi connectivity index (χ0) is 29.2. The molecule has 8 rings (SSSR count). The fourth-order valence-electron chi connectivity index (χ4n) is 7.12. The van der Waals surface area contributed by atoms with E-state index in [2.05, 4.69) is 43.7 Å². The van der Waals surface area contributed by atoms with Crippen molar-refractivity contribution >= 4 is 45.9 Å². The van der Waals surface area contributed by atoms with E-state index in [1.807, 2.05) is 6.07 Å². The third-order valence-corrected chi connectivity index (χ3v) is 9.76. The summed E-state index contributed by atoms with van der Waals surface area (Å²) in [4.78, 5) is 53.5. The molecule has 1 unspecified atom stereocenters. The summed E-state index contributed by atoms with van der Waals surface area (Å²) in [5.41, 5.74) is 5.14. The van der Waals surface area contributed by atoms with E-state index in [4.69, 9.17) is 5.10 Å². The predicted molar refractivity (Wildman–Crippen MR) is 160 cm³/mol. The summed E-state index contributed by atoms with van der Waals surface area (Å²) in [5.74, 6) is -0.897. The van der Waals surface area contributed by atoms with Gasteiger partial charge in [-0.25, -0.2) is 0 Å². The normalized spacial score (nSPS) is 25.6. The van der Waals surface area contributed by atoms with E-state index in [9.17, 15) is 19.2 Å². The van der Waals surface area contributed by atoms with Crippen LogP contribution in [0.15, 0.2) is 36.4 Å². The third kappa shape index (κ3) is 4.57. The van der Waals surface area contributed by atoms with Crippen LogP contribution >= 0.6 is 0 Å². The summed E-state index contributed by atoms with van der Waals surface area (Å²) in [6.07, 6.45) is 4.75. The van der Waals surface area contributed by atoms with Crippen LogP contribution in [0.4, 0.5) is 11.4 Å². The molecule has 2 saturated heterocycles. The molecule has 3 N–H and O–H groups in total. The van der Waals surface area contributed by atoms with Crippen molar-refractivity contribution in [1.82, 2.24) is 25.3 Å². The summed E-state index contributed by atoms with van der Waals surface area (Å²) in [6.45, 7) is 4.81. The Labute approximate surface area is 248 Å². The van der Waals surface area contributed by atoms with E-state index >= 15 is 0 Å². The minimum absolute atomic E-state index is 0.104. The van der Waals surface area contributed by atoms with E-state index in [0.717, 1.165) is 56.2 Å². The van der Waals surface area contributed by atoms with Gasteiger partial charge in [-0.1, -0.05) is 0 Å². The fourth-order valence-corrected chi connectivity index (χ4v) is 7.12. The maximum absolute atomic E-state index is 13.2. The summed E-state index contributed by atoms with van der Waals surface area (Å²) in [6, 6.07) is 11.5. The second kappa shape index (κ2) is 10.2. The Hall–Kier alpha value is -4.25. The standard InChI is InChI=1S/C32H35N7O4/c40-28-8-7-26(30(41)35-28)38-31(42)23-5-3-20(15-25(23)32(38)43)34-17-18-13-22(14-18)39-27-16-21(37-11-9-33-10-12-37)4-6-24(27)29(36-39)19-1-2-19/h3-6,15-16,18-19,22,26,33-34H,1-2,7-14,17H2,(H,35,40,41)/t18-,22-,26?. The van der Waals surface area contributed by atoms with Crippen molar-refractivity contribution in [2.45, 2.75) is 56.5 Å². The lowest BCUT2D eigenvalue weighted by Gasteiger charge is -2.36. The fraction of sp³-hybridized carbons (Fsp3) is 0.469. The molecule has 4 fully saturated rings. The van der Waals surface area contributed by atoms with Crippen molar-refractivity contribution < 1.29 is 19.2 Å². The molecule has 2 aromatic carbocycles. The topological polar surface area (TPSA) is 129 Å². The van der Waals surface area contributed by atoms with Crippen LogP contribution in [0.2, 0.25) is 0 Å². The SMILES string of the molecule is O=C1CCC(N2C(=O)c3ccc(NC[C@H]4C[C@H](n5nc(C6CC6)c6ccc(N7CCNCC7)cc65)C4)cc3C2=O)C(=O)N1. The van der Waals surface area contributed by atoms with Gasteiger partial charge in [0.2, 0.25) is 11.8 Å². The molecule has 43 heavy (non-hydrogen) atoms. The summed E-state index contributed by atoms with van der Waals surface area (Å²) in [5, 5.41) is 15.6. The highest BCUT2D eigenvalue weighted by Gasteiger charge is 2.44. The Morgan fingerprint density at radius 3 is 2.47 bits per heavy atom. The maximum Gasteiger partial charge on any atom is 0.262 e. The summed E-state index contributed by atoms with van der Waals surface area (Å²) >= 11 is 0. The van der Waals surface area contributed by atoms with E-state index in [1.165, 1.54) is 35.1 Å². The number of hydrogen-bond acceptors (Lipinski definition) is 8. The molecule has 2 aliphatic carbocycles. The van der Waals surface area contributed by atoms with Crippen molar-refractivity contribution in [1.29, 1.82) is 0 Å². The number of piperazine rings is 1. The Bertz CT molecular complexity index is 1670. The van der Waals surface area contributed by atoms with Crippen LogP contribution < -0.4 is 20.9 Å². The number of nitrogens with zero attached hydrogens (tertiary/aromatic N) is 4. The Morgan fingerprint density at radius 2 is 1.70 bits per heavy atom. The number of rotatable bonds is 7. The lowest BCUT2D eigenvalue weighted by atomic mass is 9.80. The van der Waals surface area contributed by atoms with Crippen LogP contribution in [0.1, 0.15) is 76.9 Å². The maximum atomic E-state index is 13.2. The van der Waals surface area contributed by atoms with Crippen LogP contribution in [-0.4, -0.2) is 77.1 Å². The largest absolute Gasteiger partial charge is 0.385 e. The van der Waals surface area contributed by atoms with Gasteiger partial charge in [0, 0.05) is 61.8 Å². The Kier molecular flexibility index (Phi) is 6.25. The number of piperidine rings is 1.